The van der Waals surface area contributed by atoms with Gasteiger partial charge in [0.2, 0.25) is 0 Å². The molecule has 0 aliphatic rings. The molecule has 1 N–H and O–H groups in total. The molecular weight excluding hydrogens is 210 g/mol. The number of thioether (sulfide) groups is 1. The molecule has 3 nitrogen and oxygen atoms in total. The summed E-state index contributed by atoms with van der Waals surface area (Å²) in [5.41, 5.74) is 0.256. The molecule has 0 aliphatic carbocycles. The summed E-state index contributed by atoms with van der Waals surface area (Å²) in [6.07, 6.45) is 2.34. The normalized spacial score (nSPS) is 9.13. The Bertz CT molecular complexity index is 407. The van der Waals surface area contributed by atoms with Crippen molar-refractivity contribution in [2.75, 3.05) is 5.75 Å². The Hall–Kier alpha value is -1.47. The van der Waals surface area contributed by atoms with Gasteiger partial charge in [-0.25, -0.2) is 9.78 Å². The summed E-state index contributed by atoms with van der Waals surface area (Å²) in [6.45, 7) is 1.79. The maximum atomic E-state index is 10.8. The van der Waals surface area contributed by atoms with Gasteiger partial charge in [-0.15, -0.1) is 23.6 Å². The van der Waals surface area contributed by atoms with E-state index < -0.39 is 5.97 Å². The van der Waals surface area contributed by atoms with Crippen molar-refractivity contribution in [2.45, 2.75) is 18.4 Å². The highest BCUT2D eigenvalue weighted by Gasteiger charge is 2.09. The molecule has 4 heteroatoms. The van der Waals surface area contributed by atoms with Crippen molar-refractivity contribution in [1.29, 1.82) is 0 Å². The van der Waals surface area contributed by atoms with Crippen LogP contribution in [0, 0.1) is 11.8 Å². The summed E-state index contributed by atoms with van der Waals surface area (Å²) in [5.74, 6) is 5.54. The van der Waals surface area contributed by atoms with Gasteiger partial charge in [0.15, 0.2) is 0 Å². The van der Waals surface area contributed by atoms with Crippen molar-refractivity contribution in [1.82, 2.24) is 4.98 Å². The molecule has 78 valence electrons. The Morgan fingerprint density at radius 2 is 2.47 bits per heavy atom. The van der Waals surface area contributed by atoms with Gasteiger partial charge in [0.25, 0.3) is 0 Å². The van der Waals surface area contributed by atoms with Gasteiger partial charge in [0.05, 0.1) is 5.56 Å². The Labute approximate surface area is 92.9 Å². The second kappa shape index (κ2) is 6.10. The summed E-state index contributed by atoms with van der Waals surface area (Å²) in [6, 6.07) is 3.18. The molecule has 1 aromatic rings. The van der Waals surface area contributed by atoms with E-state index in [2.05, 4.69) is 16.8 Å². The number of carbonyl (C=O) groups is 1. The van der Waals surface area contributed by atoms with Gasteiger partial charge in [-0.05, 0) is 19.1 Å². The van der Waals surface area contributed by atoms with Crippen molar-refractivity contribution in [3.63, 3.8) is 0 Å². The average Bonchev–Trinajstić information content (AvgIpc) is 2.25. The molecule has 0 atom stereocenters. The quantitative estimate of drug-likeness (QED) is 0.481. The molecule has 1 aromatic heterocycles. The number of hydrogen-bond acceptors (Lipinski definition) is 3. The molecule has 0 aromatic carbocycles. The van der Waals surface area contributed by atoms with Crippen LogP contribution < -0.4 is 0 Å². The third kappa shape index (κ3) is 3.64. The van der Waals surface area contributed by atoms with E-state index in [0.717, 1.165) is 12.2 Å². The molecule has 0 unspecified atom stereocenters. The summed E-state index contributed by atoms with van der Waals surface area (Å²) >= 11 is 1.42. The van der Waals surface area contributed by atoms with E-state index in [1.165, 1.54) is 11.8 Å². The highest BCUT2D eigenvalue weighted by atomic mass is 32.2. The van der Waals surface area contributed by atoms with Gasteiger partial charge in [-0.3, -0.25) is 0 Å². The van der Waals surface area contributed by atoms with Crippen LogP contribution in [0.15, 0.2) is 23.4 Å². The van der Waals surface area contributed by atoms with Crippen LogP contribution in [-0.2, 0) is 0 Å². The summed E-state index contributed by atoms with van der Waals surface area (Å²) in [7, 11) is 0. The Kier molecular flexibility index (Phi) is 4.72. The standard InChI is InChI=1S/C11H11NO2S/c1-2-3-4-8-15-10-9(11(13)14)6-5-7-12-10/h5-7H,4,8H2,1H3,(H,13,14). The molecule has 1 rings (SSSR count). The lowest BCUT2D eigenvalue weighted by atomic mass is 10.3. The highest BCUT2D eigenvalue weighted by Crippen LogP contribution is 2.20. The number of carboxylic acids is 1. The van der Waals surface area contributed by atoms with E-state index >= 15 is 0 Å². The van der Waals surface area contributed by atoms with Gasteiger partial charge < -0.3 is 5.11 Å². The number of pyridine rings is 1. The molecule has 0 amide bonds. The SMILES string of the molecule is CC#CCCSc1ncccc1C(=O)O. The van der Waals surface area contributed by atoms with Crippen molar-refractivity contribution >= 4 is 17.7 Å². The van der Waals surface area contributed by atoms with Crippen molar-refractivity contribution in [3.05, 3.63) is 23.9 Å². The topological polar surface area (TPSA) is 50.2 Å². The fourth-order valence-corrected chi connectivity index (χ4v) is 1.84. The molecule has 0 saturated carbocycles. The molecule has 0 radical (unpaired) electrons. The van der Waals surface area contributed by atoms with E-state index in [4.69, 9.17) is 5.11 Å². The van der Waals surface area contributed by atoms with E-state index in [9.17, 15) is 4.79 Å². The Morgan fingerprint density at radius 3 is 3.13 bits per heavy atom. The summed E-state index contributed by atoms with van der Waals surface area (Å²) in [5, 5.41) is 9.45. The number of nitrogens with zero attached hydrogens (tertiary/aromatic N) is 1. The largest absolute Gasteiger partial charge is 0.478 e. The first-order valence-electron chi connectivity index (χ1n) is 4.46. The molecule has 0 fully saturated rings. The highest BCUT2D eigenvalue weighted by molar-refractivity contribution is 7.99. The van der Waals surface area contributed by atoms with Gasteiger partial charge in [0.1, 0.15) is 5.03 Å². The molecule has 0 saturated heterocycles. The lowest BCUT2D eigenvalue weighted by Crippen LogP contribution is -2.00. The maximum Gasteiger partial charge on any atom is 0.338 e. The number of rotatable bonds is 4. The van der Waals surface area contributed by atoms with Gasteiger partial charge in [-0.1, -0.05) is 0 Å². The van der Waals surface area contributed by atoms with Crippen LogP contribution >= 0.6 is 11.8 Å². The van der Waals surface area contributed by atoms with Crippen LogP contribution in [0.3, 0.4) is 0 Å². The monoisotopic (exact) mass is 221 g/mol. The predicted octanol–water partition coefficient (Wildman–Crippen LogP) is 2.29. The van der Waals surface area contributed by atoms with Crippen LogP contribution in [0.5, 0.6) is 0 Å². The van der Waals surface area contributed by atoms with Crippen molar-refractivity contribution in [3.8, 4) is 11.8 Å². The molecular formula is C11H11NO2S. The molecule has 1 heterocycles. The van der Waals surface area contributed by atoms with Crippen molar-refractivity contribution < 1.29 is 9.90 Å². The van der Waals surface area contributed by atoms with Gasteiger partial charge in [0, 0.05) is 18.4 Å². The Morgan fingerprint density at radius 1 is 1.67 bits per heavy atom. The maximum absolute atomic E-state index is 10.8. The second-order valence-electron chi connectivity index (χ2n) is 2.69. The first-order valence-corrected chi connectivity index (χ1v) is 5.45. The minimum absolute atomic E-state index is 0.256. The van der Waals surface area contributed by atoms with Crippen LogP contribution in [-0.4, -0.2) is 21.8 Å². The van der Waals surface area contributed by atoms with Crippen molar-refractivity contribution in [2.24, 2.45) is 0 Å². The fourth-order valence-electron chi connectivity index (χ4n) is 0.992. The first-order chi connectivity index (χ1) is 7.25. The van der Waals surface area contributed by atoms with Crippen LogP contribution in [0.2, 0.25) is 0 Å². The van der Waals surface area contributed by atoms with E-state index in [1.54, 1.807) is 25.3 Å². The third-order valence-electron chi connectivity index (χ3n) is 1.64. The number of carboxylic acid groups (broad SMARTS) is 1. The van der Waals surface area contributed by atoms with E-state index in [0.29, 0.717) is 5.03 Å². The average molecular weight is 221 g/mol. The first kappa shape index (κ1) is 11.6. The van der Waals surface area contributed by atoms with E-state index in [1.807, 2.05) is 0 Å². The summed E-state index contributed by atoms with van der Waals surface area (Å²) < 4.78 is 0. The molecule has 15 heavy (non-hydrogen) atoms. The summed E-state index contributed by atoms with van der Waals surface area (Å²) in [4.78, 5) is 14.9. The minimum Gasteiger partial charge on any atom is -0.478 e. The van der Waals surface area contributed by atoms with Gasteiger partial charge >= 0.3 is 5.97 Å². The smallest absolute Gasteiger partial charge is 0.338 e. The lowest BCUT2D eigenvalue weighted by molar-refractivity contribution is 0.0692. The zero-order valence-corrected chi connectivity index (χ0v) is 9.17. The van der Waals surface area contributed by atoms with E-state index in [-0.39, 0.29) is 5.56 Å². The van der Waals surface area contributed by atoms with Gasteiger partial charge in [-0.2, -0.15) is 0 Å². The zero-order chi connectivity index (χ0) is 11.1. The molecule has 0 bridgehead atoms. The lowest BCUT2D eigenvalue weighted by Gasteiger charge is -2.01. The molecule has 0 spiro atoms. The second-order valence-corrected chi connectivity index (χ2v) is 3.77. The van der Waals surface area contributed by atoms with Crippen LogP contribution in [0.4, 0.5) is 0 Å². The zero-order valence-electron chi connectivity index (χ0n) is 8.36. The molecule has 0 aliphatic heterocycles. The number of aromatic nitrogens is 1. The fraction of sp³-hybridized carbons (Fsp3) is 0.273. The Balaban J connectivity index is 2.66. The van der Waals surface area contributed by atoms with Crippen LogP contribution in [0.1, 0.15) is 23.7 Å². The number of hydrogen-bond donors (Lipinski definition) is 1. The predicted molar refractivity (Wildman–Crippen MR) is 60.0 cm³/mol. The minimum atomic E-state index is -0.938. The van der Waals surface area contributed by atoms with Crippen LogP contribution in [0.25, 0.3) is 0 Å². The third-order valence-corrected chi connectivity index (χ3v) is 2.65. The number of aromatic carboxylic acids is 1.